The molecule has 0 saturated heterocycles. The van der Waals surface area contributed by atoms with Gasteiger partial charge >= 0.3 is 0 Å². The van der Waals surface area contributed by atoms with Gasteiger partial charge in [0.15, 0.2) is 0 Å². The van der Waals surface area contributed by atoms with E-state index in [1.807, 2.05) is 11.3 Å². The molecule has 0 aromatic carbocycles. The Morgan fingerprint density at radius 2 is 2.43 bits per heavy atom. The van der Waals surface area contributed by atoms with E-state index in [0.717, 1.165) is 12.5 Å². The first-order valence-electron chi connectivity index (χ1n) is 5.68. The van der Waals surface area contributed by atoms with Gasteiger partial charge in [0.05, 0.1) is 0 Å². The van der Waals surface area contributed by atoms with Crippen LogP contribution in [-0.4, -0.2) is 13.1 Å². The molecule has 1 heterocycles. The van der Waals surface area contributed by atoms with E-state index in [-0.39, 0.29) is 0 Å². The average Bonchev–Trinajstić information content (AvgIpc) is 2.58. The minimum Gasteiger partial charge on any atom is -0.316 e. The van der Waals surface area contributed by atoms with Crippen LogP contribution in [0.1, 0.15) is 42.5 Å². The molecule has 0 fully saturated rings. The van der Waals surface area contributed by atoms with Gasteiger partial charge in [0.25, 0.3) is 0 Å². The smallest absolute Gasteiger partial charge is 0.0121 e. The van der Waals surface area contributed by atoms with E-state index in [4.69, 9.17) is 0 Å². The summed E-state index contributed by atoms with van der Waals surface area (Å²) < 4.78 is 0. The lowest BCUT2D eigenvalue weighted by Gasteiger charge is -2.14. The molecule has 2 heteroatoms. The molecule has 1 atom stereocenters. The summed E-state index contributed by atoms with van der Waals surface area (Å²) in [5.41, 5.74) is 1.62. The van der Waals surface area contributed by atoms with Crippen LogP contribution in [0.25, 0.3) is 0 Å². The lowest BCUT2D eigenvalue weighted by atomic mass is 10.0. The third-order valence-electron chi connectivity index (χ3n) is 3.04. The number of nitrogens with one attached hydrogen (secondary N) is 1. The van der Waals surface area contributed by atoms with E-state index in [1.54, 1.807) is 10.4 Å². The highest BCUT2D eigenvalue weighted by atomic mass is 32.1. The van der Waals surface area contributed by atoms with Gasteiger partial charge in [-0.05, 0) is 42.8 Å². The summed E-state index contributed by atoms with van der Waals surface area (Å²) in [6.45, 7) is 4.45. The van der Waals surface area contributed by atoms with Gasteiger partial charge in [0, 0.05) is 17.3 Å². The molecule has 1 aromatic heterocycles. The first kappa shape index (κ1) is 10.2. The monoisotopic (exact) mass is 209 g/mol. The second-order valence-corrected chi connectivity index (χ2v) is 5.01. The Hall–Kier alpha value is -0.340. The van der Waals surface area contributed by atoms with Crippen molar-refractivity contribution < 1.29 is 0 Å². The number of aryl methyl sites for hydroxylation is 1. The summed E-state index contributed by atoms with van der Waals surface area (Å²) in [6.07, 6.45) is 5.46. The number of rotatable bonds is 3. The highest BCUT2D eigenvalue weighted by Crippen LogP contribution is 2.33. The molecule has 1 unspecified atom stereocenters. The van der Waals surface area contributed by atoms with E-state index >= 15 is 0 Å². The molecule has 0 amide bonds. The Labute approximate surface area is 90.5 Å². The Kier molecular flexibility index (Phi) is 3.60. The van der Waals surface area contributed by atoms with Crippen molar-refractivity contribution >= 4 is 11.3 Å². The predicted octanol–water partition coefficient (Wildman–Crippen LogP) is 3.17. The van der Waals surface area contributed by atoms with E-state index in [1.165, 1.54) is 32.2 Å². The molecule has 1 aromatic rings. The summed E-state index contributed by atoms with van der Waals surface area (Å²) in [5.74, 6) is 0.785. The van der Waals surface area contributed by atoms with Crippen molar-refractivity contribution in [3.8, 4) is 0 Å². The van der Waals surface area contributed by atoms with Crippen LogP contribution in [0.2, 0.25) is 0 Å². The fourth-order valence-electron chi connectivity index (χ4n) is 2.26. The maximum atomic E-state index is 3.48. The fraction of sp³-hybridized carbons (Fsp3) is 0.667. The highest BCUT2D eigenvalue weighted by molar-refractivity contribution is 7.10. The van der Waals surface area contributed by atoms with Gasteiger partial charge in [-0.25, -0.2) is 0 Å². The van der Waals surface area contributed by atoms with E-state index in [2.05, 4.69) is 23.7 Å². The van der Waals surface area contributed by atoms with Crippen LogP contribution in [0.5, 0.6) is 0 Å². The molecule has 2 rings (SSSR count). The van der Waals surface area contributed by atoms with Crippen LogP contribution in [-0.2, 0) is 6.42 Å². The maximum absolute atomic E-state index is 3.48. The predicted molar refractivity (Wildman–Crippen MR) is 63.2 cm³/mol. The van der Waals surface area contributed by atoms with E-state index in [0.29, 0.717) is 0 Å². The third-order valence-corrected chi connectivity index (χ3v) is 4.16. The zero-order valence-electron chi connectivity index (χ0n) is 8.88. The maximum Gasteiger partial charge on any atom is 0.0121 e. The molecule has 1 aliphatic carbocycles. The van der Waals surface area contributed by atoms with Gasteiger partial charge in [0.2, 0.25) is 0 Å². The van der Waals surface area contributed by atoms with Crippen molar-refractivity contribution in [3.63, 3.8) is 0 Å². The molecule has 1 aliphatic rings. The molecule has 1 nitrogen and oxygen atoms in total. The lowest BCUT2D eigenvalue weighted by molar-refractivity contribution is 0.552. The van der Waals surface area contributed by atoms with E-state index < -0.39 is 0 Å². The third kappa shape index (κ3) is 2.18. The van der Waals surface area contributed by atoms with Crippen LogP contribution in [0.3, 0.4) is 0 Å². The number of hydrogen-bond acceptors (Lipinski definition) is 2. The molecule has 0 saturated carbocycles. The van der Waals surface area contributed by atoms with Crippen molar-refractivity contribution in [2.24, 2.45) is 0 Å². The summed E-state index contributed by atoms with van der Waals surface area (Å²) in [6, 6.07) is 2.32. The second kappa shape index (κ2) is 4.94. The molecule has 0 spiro atoms. The largest absolute Gasteiger partial charge is 0.316 e. The molecule has 0 aliphatic heterocycles. The van der Waals surface area contributed by atoms with Crippen molar-refractivity contribution in [1.82, 2.24) is 5.32 Å². The summed E-state index contributed by atoms with van der Waals surface area (Å²) >= 11 is 1.96. The molecule has 78 valence electrons. The normalized spacial score (nSPS) is 21.6. The van der Waals surface area contributed by atoms with Crippen LogP contribution >= 0.6 is 11.3 Å². The standard InChI is InChI=1S/C12H19NS/c1-2-13-9-11-6-4-3-5-10-7-8-14-12(10)11/h7-8,11,13H,2-6,9H2,1H3. The molecule has 1 N–H and O–H groups in total. The summed E-state index contributed by atoms with van der Waals surface area (Å²) in [7, 11) is 0. The fourth-order valence-corrected chi connectivity index (χ4v) is 3.36. The second-order valence-electron chi connectivity index (χ2n) is 4.06. The zero-order chi connectivity index (χ0) is 9.80. The average molecular weight is 209 g/mol. The van der Waals surface area contributed by atoms with Crippen LogP contribution in [0.4, 0.5) is 0 Å². The van der Waals surface area contributed by atoms with Crippen molar-refractivity contribution in [3.05, 3.63) is 21.9 Å². The van der Waals surface area contributed by atoms with E-state index in [9.17, 15) is 0 Å². The minimum atomic E-state index is 0.785. The van der Waals surface area contributed by atoms with Crippen LogP contribution < -0.4 is 5.32 Å². The van der Waals surface area contributed by atoms with Crippen molar-refractivity contribution in [2.45, 2.75) is 38.5 Å². The Morgan fingerprint density at radius 1 is 1.50 bits per heavy atom. The van der Waals surface area contributed by atoms with Gasteiger partial charge in [-0.15, -0.1) is 11.3 Å². The molecule has 0 bridgehead atoms. The lowest BCUT2D eigenvalue weighted by Crippen LogP contribution is -2.20. The van der Waals surface area contributed by atoms with Gasteiger partial charge in [-0.3, -0.25) is 0 Å². The molecule has 0 radical (unpaired) electrons. The molecule has 14 heavy (non-hydrogen) atoms. The first-order chi connectivity index (χ1) is 6.92. The Morgan fingerprint density at radius 3 is 3.29 bits per heavy atom. The Bertz CT molecular complexity index is 280. The van der Waals surface area contributed by atoms with Gasteiger partial charge in [0.1, 0.15) is 0 Å². The minimum absolute atomic E-state index is 0.785. The first-order valence-corrected chi connectivity index (χ1v) is 6.56. The SMILES string of the molecule is CCNCC1CCCCc2ccsc21. The van der Waals surface area contributed by atoms with Crippen LogP contribution in [0.15, 0.2) is 11.4 Å². The molecular weight excluding hydrogens is 190 g/mol. The van der Waals surface area contributed by atoms with Gasteiger partial charge < -0.3 is 5.32 Å². The topological polar surface area (TPSA) is 12.0 Å². The number of hydrogen-bond donors (Lipinski definition) is 1. The van der Waals surface area contributed by atoms with Crippen molar-refractivity contribution in [1.29, 1.82) is 0 Å². The summed E-state index contributed by atoms with van der Waals surface area (Å²) in [4.78, 5) is 1.66. The van der Waals surface area contributed by atoms with Crippen molar-refractivity contribution in [2.75, 3.05) is 13.1 Å². The number of likely N-dealkylation sites (N-methyl/N-ethyl adjacent to an activating group) is 1. The van der Waals surface area contributed by atoms with Crippen LogP contribution in [0, 0.1) is 0 Å². The number of thiophene rings is 1. The highest BCUT2D eigenvalue weighted by Gasteiger charge is 2.18. The molecular formula is C12H19NS. The van der Waals surface area contributed by atoms with Gasteiger partial charge in [-0.1, -0.05) is 13.3 Å². The quantitative estimate of drug-likeness (QED) is 0.754. The van der Waals surface area contributed by atoms with Gasteiger partial charge in [-0.2, -0.15) is 0 Å². The number of fused-ring (bicyclic) bond motifs is 1. The zero-order valence-corrected chi connectivity index (χ0v) is 9.70. The Balaban J connectivity index is 2.09. The summed E-state index contributed by atoms with van der Waals surface area (Å²) in [5, 5.41) is 5.74.